The fourth-order valence-electron chi connectivity index (χ4n) is 4.12. The number of ether oxygens (including phenoxy) is 1. The van der Waals surface area contributed by atoms with Crippen molar-refractivity contribution in [1.82, 2.24) is 19.4 Å². The number of carbonyl (C=O) groups excluding carboxylic acids is 2. The minimum Gasteiger partial charge on any atom is -0.497 e. The van der Waals surface area contributed by atoms with Crippen LogP contribution >= 0.6 is 0 Å². The van der Waals surface area contributed by atoms with Crippen LogP contribution in [0.4, 0.5) is 5.69 Å². The van der Waals surface area contributed by atoms with Crippen LogP contribution in [0, 0.1) is 6.92 Å². The fourth-order valence-corrected chi connectivity index (χ4v) is 4.12. The largest absolute Gasteiger partial charge is 0.497 e. The Kier molecular flexibility index (Phi) is 6.39. The van der Waals surface area contributed by atoms with Crippen molar-refractivity contribution in [3.8, 4) is 5.75 Å². The molecule has 4 rings (SSSR count). The molecular weight excluding hydrogens is 406 g/mol. The van der Waals surface area contributed by atoms with Crippen molar-refractivity contribution in [3.63, 3.8) is 0 Å². The van der Waals surface area contributed by atoms with Crippen LogP contribution in [0.5, 0.6) is 5.75 Å². The smallest absolute Gasteiger partial charge is 0.256 e. The minimum atomic E-state index is -0.256. The Morgan fingerprint density at radius 3 is 2.66 bits per heavy atom. The maximum atomic E-state index is 13.4. The van der Waals surface area contributed by atoms with E-state index in [4.69, 9.17) is 9.72 Å². The monoisotopic (exact) mass is 435 g/mol. The maximum Gasteiger partial charge on any atom is 0.256 e. The summed E-state index contributed by atoms with van der Waals surface area (Å²) in [6.07, 6.45) is 4.25. The van der Waals surface area contributed by atoms with E-state index in [-0.39, 0.29) is 18.4 Å². The molecule has 2 amide bonds. The molecule has 8 heteroatoms. The topological polar surface area (TPSA) is 89.3 Å². The first kappa shape index (κ1) is 21.8. The van der Waals surface area contributed by atoms with Gasteiger partial charge in [-0.25, -0.2) is 9.97 Å². The molecule has 2 aromatic heterocycles. The maximum absolute atomic E-state index is 13.4. The van der Waals surface area contributed by atoms with Crippen molar-refractivity contribution >= 4 is 28.7 Å². The SMILES string of the molecule is CCN(CC(=O)Nc1ccc(OC)cc1)C(=O)c1cc(C)nc2c1nc1n2CCCCC1. The standard InChI is InChI=1S/C24H29N5O3/c1-4-28(15-21(30)26-17-9-11-18(32-3)12-10-17)24(31)19-14-16(2)25-23-22(19)27-20-8-6-5-7-13-29(20)23/h9-12,14H,4-8,13,15H2,1-3H3,(H,26,30). The highest BCUT2D eigenvalue weighted by Crippen LogP contribution is 2.25. The van der Waals surface area contributed by atoms with Gasteiger partial charge in [0.05, 0.1) is 12.7 Å². The number of imidazole rings is 1. The Morgan fingerprint density at radius 2 is 1.94 bits per heavy atom. The second-order valence-corrected chi connectivity index (χ2v) is 8.07. The Hall–Kier alpha value is -3.42. The van der Waals surface area contributed by atoms with Crippen molar-refractivity contribution in [3.05, 3.63) is 47.4 Å². The summed E-state index contributed by atoms with van der Waals surface area (Å²) in [5, 5.41) is 2.84. The summed E-state index contributed by atoms with van der Waals surface area (Å²) >= 11 is 0. The van der Waals surface area contributed by atoms with E-state index >= 15 is 0 Å². The highest BCUT2D eigenvalue weighted by atomic mass is 16.5. The second kappa shape index (κ2) is 9.38. The number of pyridine rings is 1. The van der Waals surface area contributed by atoms with Crippen LogP contribution in [0.25, 0.3) is 11.2 Å². The van der Waals surface area contributed by atoms with Gasteiger partial charge in [0.1, 0.15) is 23.6 Å². The average Bonchev–Trinajstić information content (AvgIpc) is 2.97. The third-order valence-corrected chi connectivity index (χ3v) is 5.80. The summed E-state index contributed by atoms with van der Waals surface area (Å²) in [6.45, 7) is 4.99. The summed E-state index contributed by atoms with van der Waals surface area (Å²) < 4.78 is 7.29. The number of benzene rings is 1. The van der Waals surface area contributed by atoms with Crippen molar-refractivity contribution in [2.45, 2.75) is 46.1 Å². The number of aryl methyl sites for hydroxylation is 3. The number of carbonyl (C=O) groups is 2. The summed E-state index contributed by atoms with van der Waals surface area (Å²) in [7, 11) is 1.59. The van der Waals surface area contributed by atoms with E-state index < -0.39 is 0 Å². The quantitative estimate of drug-likeness (QED) is 0.639. The number of nitrogens with zero attached hydrogens (tertiary/aromatic N) is 4. The van der Waals surface area contributed by atoms with Crippen molar-refractivity contribution in [2.24, 2.45) is 0 Å². The number of anilines is 1. The highest BCUT2D eigenvalue weighted by Gasteiger charge is 2.24. The van der Waals surface area contributed by atoms with E-state index in [0.717, 1.165) is 43.0 Å². The third-order valence-electron chi connectivity index (χ3n) is 5.80. The first-order chi connectivity index (χ1) is 15.5. The lowest BCUT2D eigenvalue weighted by atomic mass is 10.1. The van der Waals surface area contributed by atoms with E-state index in [1.54, 1.807) is 37.4 Å². The van der Waals surface area contributed by atoms with E-state index in [1.165, 1.54) is 11.3 Å². The molecule has 3 heterocycles. The molecular formula is C24H29N5O3. The highest BCUT2D eigenvalue weighted by molar-refractivity contribution is 6.06. The average molecular weight is 436 g/mol. The normalized spacial score (nSPS) is 13.3. The van der Waals surface area contributed by atoms with Gasteiger partial charge in [-0.2, -0.15) is 0 Å². The van der Waals surface area contributed by atoms with Crippen molar-refractivity contribution in [2.75, 3.05) is 25.5 Å². The van der Waals surface area contributed by atoms with Crippen LogP contribution in [0.15, 0.2) is 30.3 Å². The van der Waals surface area contributed by atoms with Gasteiger partial charge in [-0.05, 0) is 57.0 Å². The molecule has 0 spiro atoms. The van der Waals surface area contributed by atoms with Gasteiger partial charge in [0, 0.05) is 30.9 Å². The molecule has 1 aromatic carbocycles. The number of amides is 2. The summed E-state index contributed by atoms with van der Waals surface area (Å²) in [4.78, 5) is 37.1. The Balaban J connectivity index is 1.57. The van der Waals surface area contributed by atoms with Crippen LogP contribution in [0.1, 0.15) is 48.1 Å². The number of aromatic nitrogens is 3. The first-order valence-corrected chi connectivity index (χ1v) is 11.1. The lowest BCUT2D eigenvalue weighted by Crippen LogP contribution is -2.38. The molecule has 0 fully saturated rings. The lowest BCUT2D eigenvalue weighted by molar-refractivity contribution is -0.116. The van der Waals surface area contributed by atoms with E-state index in [1.807, 2.05) is 13.8 Å². The van der Waals surface area contributed by atoms with Gasteiger partial charge in [-0.1, -0.05) is 6.42 Å². The fraction of sp³-hybridized carbons (Fsp3) is 0.417. The molecule has 1 N–H and O–H groups in total. The zero-order valence-electron chi connectivity index (χ0n) is 18.9. The molecule has 1 aliphatic rings. The molecule has 0 saturated carbocycles. The molecule has 0 bridgehead atoms. The number of hydrogen-bond donors (Lipinski definition) is 1. The molecule has 0 unspecified atom stereocenters. The number of likely N-dealkylation sites (N-methyl/N-ethyl adjacent to an activating group) is 1. The van der Waals surface area contributed by atoms with Gasteiger partial charge in [-0.3, -0.25) is 9.59 Å². The van der Waals surface area contributed by atoms with Crippen LogP contribution < -0.4 is 10.1 Å². The summed E-state index contributed by atoms with van der Waals surface area (Å²) in [5.41, 5.74) is 3.33. The van der Waals surface area contributed by atoms with Crippen molar-refractivity contribution in [1.29, 1.82) is 0 Å². The second-order valence-electron chi connectivity index (χ2n) is 8.07. The lowest BCUT2D eigenvalue weighted by Gasteiger charge is -2.21. The predicted molar refractivity (Wildman–Crippen MR) is 123 cm³/mol. The zero-order valence-corrected chi connectivity index (χ0v) is 18.9. The van der Waals surface area contributed by atoms with E-state index in [9.17, 15) is 9.59 Å². The van der Waals surface area contributed by atoms with Crippen molar-refractivity contribution < 1.29 is 14.3 Å². The van der Waals surface area contributed by atoms with Gasteiger partial charge in [-0.15, -0.1) is 0 Å². The molecule has 32 heavy (non-hydrogen) atoms. The molecule has 8 nitrogen and oxygen atoms in total. The van der Waals surface area contributed by atoms with Crippen LogP contribution in [-0.4, -0.2) is 51.4 Å². The summed E-state index contributed by atoms with van der Waals surface area (Å²) in [6, 6.07) is 8.86. The molecule has 0 radical (unpaired) electrons. The first-order valence-electron chi connectivity index (χ1n) is 11.1. The molecule has 3 aromatic rings. The number of rotatable bonds is 6. The van der Waals surface area contributed by atoms with E-state index in [0.29, 0.717) is 29.1 Å². The summed E-state index contributed by atoms with van der Waals surface area (Å²) in [5.74, 6) is 1.24. The molecule has 0 atom stereocenters. The van der Waals surface area contributed by atoms with Gasteiger partial charge in [0.25, 0.3) is 5.91 Å². The number of hydrogen-bond acceptors (Lipinski definition) is 5. The zero-order chi connectivity index (χ0) is 22.7. The third kappa shape index (κ3) is 4.44. The molecule has 0 saturated heterocycles. The Bertz CT molecular complexity index is 1140. The molecule has 1 aliphatic heterocycles. The minimum absolute atomic E-state index is 0.0439. The van der Waals surface area contributed by atoms with Crippen LogP contribution in [0.3, 0.4) is 0 Å². The van der Waals surface area contributed by atoms with Gasteiger partial charge in [0.2, 0.25) is 5.91 Å². The molecule has 168 valence electrons. The number of nitrogens with one attached hydrogen (secondary N) is 1. The van der Waals surface area contributed by atoms with Crippen LogP contribution in [0.2, 0.25) is 0 Å². The Morgan fingerprint density at radius 1 is 1.16 bits per heavy atom. The predicted octanol–water partition coefficient (Wildman–Crippen LogP) is 3.58. The Labute approximate surface area is 187 Å². The van der Waals surface area contributed by atoms with Gasteiger partial charge >= 0.3 is 0 Å². The van der Waals surface area contributed by atoms with Gasteiger partial charge in [0.15, 0.2) is 5.65 Å². The number of fused-ring (bicyclic) bond motifs is 3. The van der Waals surface area contributed by atoms with Crippen LogP contribution in [-0.2, 0) is 17.8 Å². The molecule has 0 aliphatic carbocycles. The van der Waals surface area contributed by atoms with E-state index in [2.05, 4.69) is 14.9 Å². The number of methoxy groups -OCH3 is 1. The van der Waals surface area contributed by atoms with Gasteiger partial charge < -0.3 is 19.5 Å².